The lowest BCUT2D eigenvalue weighted by Crippen LogP contribution is -2.00. The Balaban J connectivity index is -0.000000376. The highest BCUT2D eigenvalue weighted by molar-refractivity contribution is 5.49. The van der Waals surface area contributed by atoms with E-state index in [-0.39, 0.29) is 0 Å². The van der Waals surface area contributed by atoms with E-state index < -0.39 is 0 Å². The van der Waals surface area contributed by atoms with Crippen LogP contribution in [-0.4, -0.2) is 18.0 Å². The van der Waals surface area contributed by atoms with Crippen molar-refractivity contribution in [3.8, 4) is 0 Å². The Morgan fingerprint density at radius 2 is 0.812 bits per heavy atom. The molecule has 2 heteroatoms. The Kier molecular flexibility index (Phi) is 55.1. The molecular formula is C62H122O2. The SMILES string of the molecule is C=CC(C)CC/C=C(\C)CCC=C(C)C.CC(C)CCCC(C)CCCC(C)CCC=O.CC(C)CCCC(C)CCCC(C)CCCO.CCC(C)CC/C=C(\C)CCCC(C)C. The van der Waals surface area contributed by atoms with Crippen molar-refractivity contribution in [2.45, 2.75) is 285 Å². The maximum atomic E-state index is 10.3. The molecule has 64 heavy (non-hydrogen) atoms. The first kappa shape index (κ1) is 69.2. The zero-order valence-electron chi connectivity index (χ0n) is 47.2. The molecular weight excluding hydrogens is 777 g/mol. The minimum atomic E-state index is 0.357. The quantitative estimate of drug-likeness (QED) is 0.0498. The number of aldehydes is 1. The molecule has 0 radical (unpaired) electrons. The van der Waals surface area contributed by atoms with E-state index >= 15 is 0 Å². The van der Waals surface area contributed by atoms with Gasteiger partial charge in [0.2, 0.25) is 0 Å². The van der Waals surface area contributed by atoms with E-state index in [4.69, 9.17) is 5.11 Å². The van der Waals surface area contributed by atoms with Crippen LogP contribution in [0.5, 0.6) is 0 Å². The van der Waals surface area contributed by atoms with Crippen LogP contribution in [0.1, 0.15) is 285 Å². The number of hydrogen-bond acceptors (Lipinski definition) is 2. The van der Waals surface area contributed by atoms with Gasteiger partial charge in [0.1, 0.15) is 6.29 Å². The van der Waals surface area contributed by atoms with Gasteiger partial charge in [-0.25, -0.2) is 0 Å². The molecule has 6 unspecified atom stereocenters. The zero-order chi connectivity index (χ0) is 49.6. The van der Waals surface area contributed by atoms with Crippen LogP contribution < -0.4 is 0 Å². The number of rotatable bonds is 37. The van der Waals surface area contributed by atoms with E-state index in [1.807, 2.05) is 6.08 Å². The Labute approximate surface area is 406 Å². The number of allylic oxidation sites excluding steroid dienone is 7. The molecule has 0 fully saturated rings. The molecule has 0 heterocycles. The highest BCUT2D eigenvalue weighted by atomic mass is 16.2. The highest BCUT2D eigenvalue weighted by Gasteiger charge is 2.08. The number of hydrogen-bond donors (Lipinski definition) is 1. The van der Waals surface area contributed by atoms with Crippen LogP contribution in [0.4, 0.5) is 0 Å². The number of aliphatic hydroxyl groups excluding tert-OH is 1. The van der Waals surface area contributed by atoms with E-state index in [1.54, 1.807) is 5.57 Å². The summed E-state index contributed by atoms with van der Waals surface area (Å²) in [5, 5.41) is 8.77. The summed E-state index contributed by atoms with van der Waals surface area (Å²) in [4.78, 5) is 10.3. The number of carbonyl (C=O) groups excluding carboxylic acids is 1. The fourth-order valence-electron chi connectivity index (χ4n) is 7.86. The van der Waals surface area contributed by atoms with Crippen LogP contribution >= 0.6 is 0 Å². The Morgan fingerprint density at radius 1 is 0.438 bits per heavy atom. The van der Waals surface area contributed by atoms with Gasteiger partial charge in [-0.05, 0) is 152 Å². The maximum Gasteiger partial charge on any atom is 0.120 e. The molecule has 0 aliphatic rings. The second-order valence-electron chi connectivity index (χ2n) is 22.6. The lowest BCUT2D eigenvalue weighted by Gasteiger charge is -2.14. The second-order valence-corrected chi connectivity index (χ2v) is 22.6. The van der Waals surface area contributed by atoms with Gasteiger partial charge in [0.05, 0.1) is 0 Å². The molecule has 0 aliphatic heterocycles. The van der Waals surface area contributed by atoms with Gasteiger partial charge in [-0.3, -0.25) is 0 Å². The molecule has 0 spiro atoms. The molecule has 6 atom stereocenters. The predicted octanol–water partition coefficient (Wildman–Crippen LogP) is 21.1. The molecule has 0 amide bonds. The first-order chi connectivity index (χ1) is 30.2. The summed E-state index contributed by atoms with van der Waals surface area (Å²) in [6.07, 6.45) is 43.4. The number of aliphatic hydroxyl groups is 1. The van der Waals surface area contributed by atoms with Gasteiger partial charge < -0.3 is 9.90 Å². The molecule has 382 valence electrons. The summed E-state index contributed by atoms with van der Waals surface area (Å²) in [7, 11) is 0. The van der Waals surface area contributed by atoms with Gasteiger partial charge in [-0.15, -0.1) is 6.58 Å². The molecule has 0 bridgehead atoms. The van der Waals surface area contributed by atoms with E-state index in [1.165, 1.54) is 159 Å². The molecule has 2 nitrogen and oxygen atoms in total. The Morgan fingerprint density at radius 3 is 1.20 bits per heavy atom. The topological polar surface area (TPSA) is 37.3 Å². The van der Waals surface area contributed by atoms with Gasteiger partial charge in [0, 0.05) is 13.0 Å². The number of carbonyl (C=O) groups is 1. The molecule has 0 aliphatic carbocycles. The van der Waals surface area contributed by atoms with Gasteiger partial charge in [0.15, 0.2) is 0 Å². The third kappa shape index (κ3) is 62.7. The van der Waals surface area contributed by atoms with Crippen molar-refractivity contribution < 1.29 is 9.90 Å². The minimum Gasteiger partial charge on any atom is -0.396 e. The third-order valence-electron chi connectivity index (χ3n) is 13.2. The summed E-state index contributed by atoms with van der Waals surface area (Å²) >= 11 is 0. The average Bonchev–Trinajstić information content (AvgIpc) is 3.22. The smallest absolute Gasteiger partial charge is 0.120 e. The first-order valence-corrected chi connectivity index (χ1v) is 27.9. The summed E-state index contributed by atoms with van der Waals surface area (Å²) in [6.45, 7) is 43.1. The fourth-order valence-corrected chi connectivity index (χ4v) is 7.86. The molecule has 0 aromatic carbocycles. The zero-order valence-corrected chi connectivity index (χ0v) is 47.2. The van der Waals surface area contributed by atoms with Crippen molar-refractivity contribution in [2.75, 3.05) is 6.61 Å². The van der Waals surface area contributed by atoms with Crippen LogP contribution in [0, 0.1) is 53.3 Å². The van der Waals surface area contributed by atoms with Crippen LogP contribution in [0.15, 0.2) is 47.6 Å². The molecule has 0 saturated carbocycles. The predicted molar refractivity (Wildman–Crippen MR) is 296 cm³/mol. The lowest BCUT2D eigenvalue weighted by atomic mass is 9.92. The first-order valence-electron chi connectivity index (χ1n) is 27.9. The van der Waals surface area contributed by atoms with Crippen LogP contribution in [0.3, 0.4) is 0 Å². The van der Waals surface area contributed by atoms with Gasteiger partial charge in [-0.2, -0.15) is 0 Å². The molecule has 1 N–H and O–H groups in total. The van der Waals surface area contributed by atoms with Crippen molar-refractivity contribution in [3.63, 3.8) is 0 Å². The van der Waals surface area contributed by atoms with E-state index in [0.29, 0.717) is 12.5 Å². The summed E-state index contributed by atoms with van der Waals surface area (Å²) in [6, 6.07) is 0. The van der Waals surface area contributed by atoms with Crippen molar-refractivity contribution in [1.82, 2.24) is 0 Å². The normalized spacial score (nSPS) is 14.6. The third-order valence-corrected chi connectivity index (χ3v) is 13.2. The second kappa shape index (κ2) is 51.0. The maximum absolute atomic E-state index is 10.3. The van der Waals surface area contributed by atoms with E-state index in [9.17, 15) is 4.79 Å². The molecule has 0 aromatic rings. The van der Waals surface area contributed by atoms with Crippen molar-refractivity contribution in [2.24, 2.45) is 53.3 Å². The standard InChI is InChI=1S/C16H34O.C16H32O.C15H30.C15H26/c2*1-14(2)8-5-9-15(3)10-6-11-16(4)12-7-13-17;2*1-6-14(4)10-8-12-15(5)11-7-9-13(2)3/h14-17H,5-13H2,1-4H3;13-16H,5-12H2,1-4H3;12-14H,6-11H2,1-5H3;6,9,12,14H,1,7-8,10-11H2,2-5H3/b;;2*15-12+. The largest absolute Gasteiger partial charge is 0.396 e. The minimum absolute atomic E-state index is 0.357. The molecule has 0 saturated heterocycles. The van der Waals surface area contributed by atoms with Gasteiger partial charge in [0.25, 0.3) is 0 Å². The van der Waals surface area contributed by atoms with E-state index in [2.05, 4.69) is 143 Å². The molecule has 0 rings (SSSR count). The fraction of sp³-hybridized carbons (Fsp3) is 0.855. The highest BCUT2D eigenvalue weighted by Crippen LogP contribution is 2.22. The Hall–Kier alpha value is -1.41. The van der Waals surface area contributed by atoms with Crippen LogP contribution in [0.25, 0.3) is 0 Å². The summed E-state index contributed by atoms with van der Waals surface area (Å²) in [5.41, 5.74) is 4.53. The van der Waals surface area contributed by atoms with Crippen molar-refractivity contribution >= 4 is 6.29 Å². The van der Waals surface area contributed by atoms with Gasteiger partial charge >= 0.3 is 0 Å². The summed E-state index contributed by atoms with van der Waals surface area (Å²) in [5.74, 6) is 7.42. The molecule has 0 aromatic heterocycles. The van der Waals surface area contributed by atoms with Crippen LogP contribution in [0.2, 0.25) is 0 Å². The van der Waals surface area contributed by atoms with E-state index in [0.717, 1.165) is 72.9 Å². The average molecular weight is 900 g/mol. The van der Waals surface area contributed by atoms with Crippen molar-refractivity contribution in [1.29, 1.82) is 0 Å². The monoisotopic (exact) mass is 899 g/mol. The Bertz CT molecular complexity index is 1050. The van der Waals surface area contributed by atoms with Crippen molar-refractivity contribution in [3.05, 3.63) is 47.6 Å². The van der Waals surface area contributed by atoms with Crippen LogP contribution in [-0.2, 0) is 4.79 Å². The van der Waals surface area contributed by atoms with Gasteiger partial charge in [-0.1, -0.05) is 221 Å². The summed E-state index contributed by atoms with van der Waals surface area (Å²) < 4.78 is 0. The lowest BCUT2D eigenvalue weighted by molar-refractivity contribution is -0.108.